The van der Waals surface area contributed by atoms with Crippen LogP contribution in [0.5, 0.6) is 0 Å². The molecule has 0 spiro atoms. The number of rotatable bonds is 7. The van der Waals surface area contributed by atoms with Crippen LogP contribution >= 0.6 is 11.8 Å². The molecule has 4 rings (SSSR count). The molecule has 0 saturated carbocycles. The SMILES string of the molecule is CCn1nc(C)cc1C(=O)N1CCC[C@H](c2nc(SCC(=O)OC)ncc2-c2ccc(F)cc2)C1. The molecule has 3 aromatic rings. The highest BCUT2D eigenvalue weighted by atomic mass is 32.2. The Morgan fingerprint density at radius 2 is 2.03 bits per heavy atom. The summed E-state index contributed by atoms with van der Waals surface area (Å²) in [5.74, 6) is -0.664. The standard InChI is InChI=1S/C25H28FN5O3S/c1-4-31-21(12-16(2)29-31)24(33)30-11-5-6-18(14-30)23-20(17-7-9-19(26)10-8-17)13-27-25(28-23)35-15-22(32)34-3/h7-10,12-13,18H,4-6,11,14-15H2,1-3H3/t18-/m0/s1. The van der Waals surface area contributed by atoms with E-state index >= 15 is 0 Å². The number of aryl methyl sites for hydroxylation is 2. The normalized spacial score (nSPS) is 15.8. The molecular weight excluding hydrogens is 469 g/mol. The van der Waals surface area contributed by atoms with Gasteiger partial charge in [0, 0.05) is 37.3 Å². The van der Waals surface area contributed by atoms with Gasteiger partial charge in [0.1, 0.15) is 11.5 Å². The van der Waals surface area contributed by atoms with Crippen molar-refractivity contribution < 1.29 is 18.7 Å². The lowest BCUT2D eigenvalue weighted by Gasteiger charge is -2.33. The lowest BCUT2D eigenvalue weighted by Crippen LogP contribution is -2.40. The minimum atomic E-state index is -0.361. The van der Waals surface area contributed by atoms with E-state index in [-0.39, 0.29) is 29.4 Å². The molecule has 0 aliphatic carbocycles. The Labute approximate surface area is 207 Å². The van der Waals surface area contributed by atoms with Gasteiger partial charge < -0.3 is 9.64 Å². The number of thioether (sulfide) groups is 1. The highest BCUT2D eigenvalue weighted by Gasteiger charge is 2.30. The topological polar surface area (TPSA) is 90.2 Å². The highest BCUT2D eigenvalue weighted by molar-refractivity contribution is 7.99. The maximum absolute atomic E-state index is 13.6. The Balaban J connectivity index is 1.65. The molecule has 2 aromatic heterocycles. The number of halogens is 1. The number of carbonyl (C=O) groups excluding carboxylic acids is 2. The third-order valence-corrected chi connectivity index (χ3v) is 6.85. The van der Waals surface area contributed by atoms with E-state index in [1.165, 1.54) is 31.0 Å². The maximum Gasteiger partial charge on any atom is 0.316 e. The molecule has 1 aromatic carbocycles. The van der Waals surface area contributed by atoms with E-state index in [1.807, 2.05) is 24.8 Å². The number of piperidine rings is 1. The van der Waals surface area contributed by atoms with Gasteiger partial charge in [0.05, 0.1) is 24.3 Å². The van der Waals surface area contributed by atoms with E-state index in [0.717, 1.165) is 35.4 Å². The Hall–Kier alpha value is -3.27. The molecule has 1 aliphatic rings. The summed E-state index contributed by atoms with van der Waals surface area (Å²) in [6, 6.07) is 8.04. The summed E-state index contributed by atoms with van der Waals surface area (Å²) >= 11 is 1.20. The summed E-state index contributed by atoms with van der Waals surface area (Å²) in [6.45, 7) is 5.62. The Morgan fingerprint density at radius 1 is 1.26 bits per heavy atom. The molecule has 0 radical (unpaired) electrons. The van der Waals surface area contributed by atoms with E-state index in [2.05, 4.69) is 10.1 Å². The van der Waals surface area contributed by atoms with Crippen LogP contribution < -0.4 is 0 Å². The van der Waals surface area contributed by atoms with Crippen molar-refractivity contribution in [3.05, 3.63) is 59.4 Å². The van der Waals surface area contributed by atoms with Crippen LogP contribution in [0.25, 0.3) is 11.1 Å². The van der Waals surface area contributed by atoms with Crippen LogP contribution in [-0.2, 0) is 16.1 Å². The lowest BCUT2D eigenvalue weighted by atomic mass is 9.90. The van der Waals surface area contributed by atoms with Gasteiger partial charge in [0.15, 0.2) is 5.16 Å². The van der Waals surface area contributed by atoms with Crippen LogP contribution in [0.4, 0.5) is 4.39 Å². The second-order valence-electron chi connectivity index (χ2n) is 8.40. The molecule has 184 valence electrons. The molecule has 3 heterocycles. The van der Waals surface area contributed by atoms with E-state index in [9.17, 15) is 14.0 Å². The molecule has 0 bridgehead atoms. The van der Waals surface area contributed by atoms with Crippen molar-refractivity contribution in [3.63, 3.8) is 0 Å². The average Bonchev–Trinajstić information content (AvgIpc) is 3.27. The Kier molecular flexibility index (Phi) is 7.80. The number of aromatic nitrogens is 4. The number of nitrogens with zero attached hydrogens (tertiary/aromatic N) is 5. The van der Waals surface area contributed by atoms with Crippen molar-refractivity contribution in [2.24, 2.45) is 0 Å². The van der Waals surface area contributed by atoms with Gasteiger partial charge in [-0.05, 0) is 50.5 Å². The number of hydrogen-bond acceptors (Lipinski definition) is 7. The fourth-order valence-corrected chi connectivity index (χ4v) is 4.95. The van der Waals surface area contributed by atoms with Gasteiger partial charge in [-0.15, -0.1) is 0 Å². The number of carbonyl (C=O) groups is 2. The third kappa shape index (κ3) is 5.70. The van der Waals surface area contributed by atoms with Crippen LogP contribution in [0.15, 0.2) is 41.7 Å². The van der Waals surface area contributed by atoms with Gasteiger partial charge in [0.25, 0.3) is 5.91 Å². The van der Waals surface area contributed by atoms with Crippen molar-refractivity contribution in [3.8, 4) is 11.1 Å². The Bertz CT molecular complexity index is 1210. The predicted molar refractivity (Wildman–Crippen MR) is 131 cm³/mol. The molecule has 0 N–H and O–H groups in total. The largest absolute Gasteiger partial charge is 0.468 e. The van der Waals surface area contributed by atoms with Crippen LogP contribution in [-0.4, -0.2) is 62.5 Å². The number of likely N-dealkylation sites (tertiary alicyclic amines) is 1. The second kappa shape index (κ2) is 11.0. The van der Waals surface area contributed by atoms with E-state index in [4.69, 9.17) is 9.72 Å². The summed E-state index contributed by atoms with van der Waals surface area (Å²) in [5, 5.41) is 4.87. The zero-order valence-electron chi connectivity index (χ0n) is 20.0. The van der Waals surface area contributed by atoms with Crippen molar-refractivity contribution >= 4 is 23.6 Å². The summed E-state index contributed by atoms with van der Waals surface area (Å²) in [7, 11) is 1.34. The molecule has 1 fully saturated rings. The Morgan fingerprint density at radius 3 is 2.74 bits per heavy atom. The van der Waals surface area contributed by atoms with Crippen LogP contribution in [0.2, 0.25) is 0 Å². The van der Waals surface area contributed by atoms with Crippen molar-refractivity contribution in [2.45, 2.75) is 44.3 Å². The zero-order valence-corrected chi connectivity index (χ0v) is 20.8. The number of benzene rings is 1. The monoisotopic (exact) mass is 497 g/mol. The number of ether oxygens (including phenoxy) is 1. The molecular formula is C25H28FN5O3S. The first kappa shape index (κ1) is 24.8. The molecule has 0 unspecified atom stereocenters. The minimum Gasteiger partial charge on any atom is -0.468 e. The van der Waals surface area contributed by atoms with Gasteiger partial charge in [-0.2, -0.15) is 5.10 Å². The minimum absolute atomic E-state index is 0.0349. The maximum atomic E-state index is 13.6. The molecule has 8 nitrogen and oxygen atoms in total. The first-order valence-corrected chi connectivity index (χ1v) is 12.5. The van der Waals surface area contributed by atoms with E-state index < -0.39 is 0 Å². The van der Waals surface area contributed by atoms with E-state index in [1.54, 1.807) is 23.0 Å². The number of esters is 1. The highest BCUT2D eigenvalue weighted by Crippen LogP contribution is 2.34. The van der Waals surface area contributed by atoms with Gasteiger partial charge >= 0.3 is 5.97 Å². The smallest absolute Gasteiger partial charge is 0.316 e. The molecule has 1 aliphatic heterocycles. The third-order valence-electron chi connectivity index (χ3n) is 6.01. The molecule has 1 amide bonds. The van der Waals surface area contributed by atoms with Crippen LogP contribution in [0, 0.1) is 12.7 Å². The van der Waals surface area contributed by atoms with Crippen LogP contribution in [0.1, 0.15) is 47.6 Å². The molecule has 10 heteroatoms. The fourth-order valence-electron chi connectivity index (χ4n) is 4.30. The first-order chi connectivity index (χ1) is 16.9. The van der Waals surface area contributed by atoms with Gasteiger partial charge in [-0.1, -0.05) is 23.9 Å². The number of methoxy groups -OCH3 is 1. The summed E-state index contributed by atoms with van der Waals surface area (Å²) in [4.78, 5) is 36.1. The summed E-state index contributed by atoms with van der Waals surface area (Å²) in [5.41, 5.74) is 3.78. The van der Waals surface area contributed by atoms with E-state index in [0.29, 0.717) is 30.5 Å². The molecule has 1 atom stereocenters. The van der Waals surface area contributed by atoms with Crippen molar-refractivity contribution in [1.29, 1.82) is 0 Å². The first-order valence-electron chi connectivity index (χ1n) is 11.6. The number of amides is 1. The molecule has 35 heavy (non-hydrogen) atoms. The van der Waals surface area contributed by atoms with Crippen molar-refractivity contribution in [1.82, 2.24) is 24.6 Å². The summed E-state index contributed by atoms with van der Waals surface area (Å²) in [6.07, 6.45) is 3.39. The lowest BCUT2D eigenvalue weighted by molar-refractivity contribution is -0.137. The van der Waals surface area contributed by atoms with Gasteiger partial charge in [0.2, 0.25) is 0 Å². The van der Waals surface area contributed by atoms with Gasteiger partial charge in [-0.25, -0.2) is 14.4 Å². The second-order valence-corrected chi connectivity index (χ2v) is 9.34. The number of hydrogen-bond donors (Lipinski definition) is 0. The van der Waals surface area contributed by atoms with Gasteiger partial charge in [-0.3, -0.25) is 14.3 Å². The summed E-state index contributed by atoms with van der Waals surface area (Å²) < 4.78 is 20.0. The van der Waals surface area contributed by atoms with Crippen LogP contribution in [0.3, 0.4) is 0 Å². The molecule has 1 saturated heterocycles. The quantitative estimate of drug-likeness (QED) is 0.276. The zero-order chi connectivity index (χ0) is 24.9. The predicted octanol–water partition coefficient (Wildman–Crippen LogP) is 4.09. The average molecular weight is 498 g/mol. The van der Waals surface area contributed by atoms with Crippen molar-refractivity contribution in [2.75, 3.05) is 26.0 Å². The fraction of sp³-hybridized carbons (Fsp3) is 0.400.